The Labute approximate surface area is 114 Å². The second kappa shape index (κ2) is 5.79. The first-order chi connectivity index (χ1) is 8.65. The number of hydrogen-bond donors (Lipinski definition) is 1. The van der Waals surface area contributed by atoms with Crippen molar-refractivity contribution in [1.29, 1.82) is 0 Å². The van der Waals surface area contributed by atoms with Gasteiger partial charge in [-0.3, -0.25) is 0 Å². The van der Waals surface area contributed by atoms with Gasteiger partial charge in [-0.1, -0.05) is 12.8 Å². The lowest BCUT2D eigenvalue weighted by molar-refractivity contribution is 0.242. The fourth-order valence-electron chi connectivity index (χ4n) is 2.43. The van der Waals surface area contributed by atoms with Crippen LogP contribution in [-0.2, 0) is 0 Å². The van der Waals surface area contributed by atoms with E-state index >= 15 is 0 Å². The van der Waals surface area contributed by atoms with Crippen LogP contribution >= 0.6 is 11.6 Å². The van der Waals surface area contributed by atoms with Crippen molar-refractivity contribution >= 4 is 17.4 Å². The molecule has 1 N–H and O–H groups in total. The number of nitrogens with zero attached hydrogens (tertiary/aromatic N) is 1. The van der Waals surface area contributed by atoms with E-state index in [1.165, 1.54) is 12.8 Å². The third kappa shape index (κ3) is 3.08. The van der Waals surface area contributed by atoms with Crippen LogP contribution in [0.15, 0.2) is 18.3 Å². The molecule has 0 aliphatic heterocycles. The minimum absolute atomic E-state index is 0.00893. The van der Waals surface area contributed by atoms with Crippen LogP contribution in [0.3, 0.4) is 0 Å². The Balaban J connectivity index is 2.17. The van der Waals surface area contributed by atoms with E-state index in [0.717, 1.165) is 24.4 Å². The Morgan fingerprint density at radius 2 is 2.17 bits per heavy atom. The van der Waals surface area contributed by atoms with Gasteiger partial charge in [0.15, 0.2) is 11.6 Å². The molecule has 1 heterocycles. The smallest absolute Gasteiger partial charge is 0.169 e. The molecule has 0 aromatic carbocycles. The van der Waals surface area contributed by atoms with Crippen molar-refractivity contribution in [2.24, 2.45) is 0 Å². The second-order valence-electron chi connectivity index (χ2n) is 5.26. The molecule has 1 saturated carbocycles. The Bertz CT molecular complexity index is 389. The lowest BCUT2D eigenvalue weighted by Crippen LogP contribution is -2.37. The van der Waals surface area contributed by atoms with Crippen molar-refractivity contribution < 1.29 is 4.74 Å². The van der Waals surface area contributed by atoms with E-state index in [9.17, 15) is 0 Å². The van der Waals surface area contributed by atoms with E-state index in [4.69, 9.17) is 16.3 Å². The molecule has 0 saturated heterocycles. The van der Waals surface area contributed by atoms with Gasteiger partial charge in [0.25, 0.3) is 0 Å². The summed E-state index contributed by atoms with van der Waals surface area (Å²) in [5.41, 5.74) is -0.00893. The van der Waals surface area contributed by atoms with Crippen LogP contribution in [0.25, 0.3) is 0 Å². The molecule has 4 heteroatoms. The Hall–Kier alpha value is -0.960. The van der Waals surface area contributed by atoms with E-state index in [0.29, 0.717) is 5.88 Å². The number of halogens is 1. The zero-order chi connectivity index (χ0) is 13.0. The minimum Gasteiger partial charge on any atom is -0.487 e. The van der Waals surface area contributed by atoms with Crippen LogP contribution in [0.2, 0.25) is 0 Å². The lowest BCUT2D eigenvalue weighted by Gasteiger charge is -2.29. The molecule has 0 spiro atoms. The molecule has 0 amide bonds. The van der Waals surface area contributed by atoms with E-state index in [2.05, 4.69) is 10.3 Å². The molecule has 1 fully saturated rings. The highest BCUT2D eigenvalue weighted by molar-refractivity contribution is 6.18. The predicted octanol–water partition coefficient (Wildman–Crippen LogP) is 3.83. The maximum Gasteiger partial charge on any atom is 0.169 e. The highest BCUT2D eigenvalue weighted by Gasteiger charge is 2.33. The molecule has 1 aliphatic carbocycles. The zero-order valence-corrected chi connectivity index (χ0v) is 11.8. The molecule has 0 radical (unpaired) electrons. The first-order valence-corrected chi connectivity index (χ1v) is 7.14. The van der Waals surface area contributed by atoms with Crippen molar-refractivity contribution in [2.45, 2.75) is 51.2 Å². The molecule has 18 heavy (non-hydrogen) atoms. The van der Waals surface area contributed by atoms with Crippen LogP contribution in [0, 0.1) is 0 Å². The normalized spacial score (nSPS) is 18.0. The molecular weight excluding hydrogens is 248 g/mol. The van der Waals surface area contributed by atoms with Gasteiger partial charge < -0.3 is 10.1 Å². The Kier molecular flexibility index (Phi) is 4.33. The molecule has 2 rings (SSSR count). The first kappa shape index (κ1) is 13.5. The van der Waals surface area contributed by atoms with Gasteiger partial charge in [-0.05, 0) is 38.8 Å². The maximum absolute atomic E-state index is 6.14. The van der Waals surface area contributed by atoms with E-state index in [1.54, 1.807) is 6.20 Å². The summed E-state index contributed by atoms with van der Waals surface area (Å²) in [7, 11) is 0. The molecule has 1 aromatic heterocycles. The number of nitrogens with one attached hydrogen (secondary N) is 1. The van der Waals surface area contributed by atoms with E-state index in [-0.39, 0.29) is 11.6 Å². The average Bonchev–Trinajstić information content (AvgIpc) is 2.80. The summed E-state index contributed by atoms with van der Waals surface area (Å²) in [6, 6.07) is 3.84. The third-order valence-electron chi connectivity index (χ3n) is 3.33. The average molecular weight is 269 g/mol. The number of alkyl halides is 1. The van der Waals surface area contributed by atoms with Crippen molar-refractivity contribution in [3.63, 3.8) is 0 Å². The van der Waals surface area contributed by atoms with Crippen molar-refractivity contribution in [3.05, 3.63) is 18.3 Å². The van der Waals surface area contributed by atoms with Gasteiger partial charge in [-0.15, -0.1) is 11.6 Å². The molecule has 3 nitrogen and oxygen atoms in total. The summed E-state index contributed by atoms with van der Waals surface area (Å²) in [6.45, 7) is 4.04. The number of anilines is 1. The number of aromatic nitrogens is 1. The van der Waals surface area contributed by atoms with Gasteiger partial charge in [0.05, 0.1) is 11.6 Å². The van der Waals surface area contributed by atoms with Gasteiger partial charge in [0.1, 0.15) is 0 Å². The Morgan fingerprint density at radius 1 is 1.44 bits per heavy atom. The third-order valence-corrected chi connectivity index (χ3v) is 3.84. The molecule has 1 aliphatic rings. The quantitative estimate of drug-likeness (QED) is 0.824. The largest absolute Gasteiger partial charge is 0.487 e. The summed E-state index contributed by atoms with van der Waals surface area (Å²) in [5.74, 6) is 2.24. The zero-order valence-electron chi connectivity index (χ0n) is 11.1. The van der Waals surface area contributed by atoms with Crippen LogP contribution < -0.4 is 10.1 Å². The number of pyridine rings is 1. The monoisotopic (exact) mass is 268 g/mol. The summed E-state index contributed by atoms with van der Waals surface area (Å²) >= 11 is 6.14. The Morgan fingerprint density at radius 3 is 2.78 bits per heavy atom. The van der Waals surface area contributed by atoms with E-state index in [1.807, 2.05) is 26.0 Å². The predicted molar refractivity (Wildman–Crippen MR) is 75.5 cm³/mol. The second-order valence-corrected chi connectivity index (χ2v) is 5.53. The molecule has 1 aromatic rings. The number of rotatable bonds is 5. The lowest BCUT2D eigenvalue weighted by atomic mass is 10.0. The van der Waals surface area contributed by atoms with Crippen molar-refractivity contribution in [2.75, 3.05) is 11.2 Å². The number of ether oxygens (including phenoxy) is 1. The molecule has 0 bridgehead atoms. The fraction of sp³-hybridized carbons (Fsp3) is 0.643. The summed E-state index contributed by atoms with van der Waals surface area (Å²) in [4.78, 5) is 4.39. The van der Waals surface area contributed by atoms with Gasteiger partial charge >= 0.3 is 0 Å². The van der Waals surface area contributed by atoms with Crippen LogP contribution in [0.5, 0.6) is 5.75 Å². The van der Waals surface area contributed by atoms with Crippen LogP contribution in [-0.4, -0.2) is 22.5 Å². The maximum atomic E-state index is 6.14. The molecule has 0 unspecified atom stereocenters. The number of hydrogen-bond acceptors (Lipinski definition) is 3. The van der Waals surface area contributed by atoms with Crippen LogP contribution in [0.1, 0.15) is 39.5 Å². The minimum atomic E-state index is -0.00893. The van der Waals surface area contributed by atoms with Crippen molar-refractivity contribution in [1.82, 2.24) is 4.98 Å². The highest BCUT2D eigenvalue weighted by Crippen LogP contribution is 2.36. The molecular formula is C14H21ClN2O. The van der Waals surface area contributed by atoms with Crippen molar-refractivity contribution in [3.8, 4) is 5.75 Å². The fourth-order valence-corrected chi connectivity index (χ4v) is 2.76. The topological polar surface area (TPSA) is 34.1 Å². The molecule has 0 atom stereocenters. The summed E-state index contributed by atoms with van der Waals surface area (Å²) < 4.78 is 5.78. The van der Waals surface area contributed by atoms with Gasteiger partial charge in [-0.2, -0.15) is 0 Å². The van der Waals surface area contributed by atoms with E-state index < -0.39 is 0 Å². The SMILES string of the molecule is CC(C)Oc1cccnc1NC1(CCl)CCCC1. The summed E-state index contributed by atoms with van der Waals surface area (Å²) in [5, 5.41) is 3.51. The highest BCUT2D eigenvalue weighted by atomic mass is 35.5. The van der Waals surface area contributed by atoms with Crippen LogP contribution in [0.4, 0.5) is 5.82 Å². The summed E-state index contributed by atoms with van der Waals surface area (Å²) in [6.07, 6.45) is 6.60. The van der Waals surface area contributed by atoms with Gasteiger partial charge in [-0.25, -0.2) is 4.98 Å². The first-order valence-electron chi connectivity index (χ1n) is 6.61. The van der Waals surface area contributed by atoms with Gasteiger partial charge in [0, 0.05) is 12.1 Å². The molecule has 100 valence electrons. The van der Waals surface area contributed by atoms with Gasteiger partial charge in [0.2, 0.25) is 0 Å². The standard InChI is InChI=1S/C14H21ClN2O/c1-11(2)18-12-6-5-9-16-13(12)17-14(10-15)7-3-4-8-14/h5-6,9,11H,3-4,7-8,10H2,1-2H3,(H,16,17).